The van der Waals surface area contributed by atoms with Gasteiger partial charge in [-0.25, -0.2) is 4.79 Å². The van der Waals surface area contributed by atoms with Gasteiger partial charge in [0.1, 0.15) is 5.75 Å². The van der Waals surface area contributed by atoms with Crippen LogP contribution in [0.4, 0.5) is 10.5 Å². The zero-order valence-electron chi connectivity index (χ0n) is 10.3. The van der Waals surface area contributed by atoms with E-state index in [-0.39, 0.29) is 6.03 Å². The molecule has 0 saturated heterocycles. The minimum Gasteiger partial charge on any atom is -0.497 e. The second-order valence-corrected chi connectivity index (χ2v) is 3.55. The molecule has 1 aromatic carbocycles. The molecule has 0 atom stereocenters. The first-order valence-electron chi connectivity index (χ1n) is 5.56. The molecule has 17 heavy (non-hydrogen) atoms. The van der Waals surface area contributed by atoms with Crippen LogP contribution in [0.25, 0.3) is 0 Å². The van der Waals surface area contributed by atoms with Gasteiger partial charge in [0.25, 0.3) is 0 Å². The van der Waals surface area contributed by atoms with Crippen LogP contribution in [0.2, 0.25) is 0 Å². The number of carbonyl (C=O) groups excluding carboxylic acids is 1. The van der Waals surface area contributed by atoms with Crippen molar-refractivity contribution >= 4 is 11.7 Å². The molecule has 0 bridgehead atoms. The van der Waals surface area contributed by atoms with Gasteiger partial charge in [-0.1, -0.05) is 6.07 Å². The summed E-state index contributed by atoms with van der Waals surface area (Å²) < 4.78 is 5.14. The van der Waals surface area contributed by atoms with E-state index in [1.807, 2.05) is 24.3 Å². The summed E-state index contributed by atoms with van der Waals surface area (Å²) in [5.41, 5.74) is 6.27. The van der Waals surface area contributed by atoms with Crippen molar-refractivity contribution in [1.29, 1.82) is 0 Å². The van der Waals surface area contributed by atoms with Gasteiger partial charge in [0, 0.05) is 25.3 Å². The van der Waals surface area contributed by atoms with Crippen molar-refractivity contribution in [2.45, 2.75) is 6.42 Å². The average molecular weight is 237 g/mol. The SMILES string of the molecule is CNC(=O)N(CCCN)c1cccc(OC)c1. The van der Waals surface area contributed by atoms with Crippen molar-refractivity contribution in [3.05, 3.63) is 24.3 Å². The van der Waals surface area contributed by atoms with Crippen molar-refractivity contribution in [2.75, 3.05) is 32.1 Å². The van der Waals surface area contributed by atoms with Gasteiger partial charge >= 0.3 is 6.03 Å². The van der Waals surface area contributed by atoms with Crippen molar-refractivity contribution in [1.82, 2.24) is 5.32 Å². The van der Waals surface area contributed by atoms with E-state index in [1.54, 1.807) is 19.1 Å². The number of nitrogens with one attached hydrogen (secondary N) is 1. The van der Waals surface area contributed by atoms with E-state index in [0.717, 1.165) is 17.9 Å². The Balaban J connectivity index is 2.90. The van der Waals surface area contributed by atoms with E-state index in [9.17, 15) is 4.79 Å². The molecule has 0 aliphatic carbocycles. The van der Waals surface area contributed by atoms with E-state index in [4.69, 9.17) is 10.5 Å². The fourth-order valence-electron chi connectivity index (χ4n) is 1.51. The lowest BCUT2D eigenvalue weighted by Crippen LogP contribution is -2.39. The fraction of sp³-hybridized carbons (Fsp3) is 0.417. The first-order valence-corrected chi connectivity index (χ1v) is 5.56. The first-order chi connectivity index (χ1) is 8.22. The van der Waals surface area contributed by atoms with E-state index in [1.165, 1.54) is 0 Å². The largest absolute Gasteiger partial charge is 0.497 e. The Morgan fingerprint density at radius 1 is 1.53 bits per heavy atom. The van der Waals surface area contributed by atoms with Gasteiger partial charge in [-0.3, -0.25) is 4.90 Å². The normalized spacial score (nSPS) is 9.82. The maximum absolute atomic E-state index is 11.8. The second-order valence-electron chi connectivity index (χ2n) is 3.55. The summed E-state index contributed by atoms with van der Waals surface area (Å²) in [6, 6.07) is 7.24. The summed E-state index contributed by atoms with van der Waals surface area (Å²) in [5.74, 6) is 0.726. The molecule has 0 fully saturated rings. The maximum atomic E-state index is 11.8. The molecule has 1 rings (SSSR count). The summed E-state index contributed by atoms with van der Waals surface area (Å²) in [6.45, 7) is 1.14. The molecule has 0 unspecified atom stereocenters. The molecular formula is C12H19N3O2. The van der Waals surface area contributed by atoms with Crippen LogP contribution in [0.15, 0.2) is 24.3 Å². The Kier molecular flexibility index (Phi) is 5.29. The highest BCUT2D eigenvalue weighted by molar-refractivity contribution is 5.91. The van der Waals surface area contributed by atoms with E-state index < -0.39 is 0 Å². The highest BCUT2D eigenvalue weighted by atomic mass is 16.5. The third kappa shape index (κ3) is 3.64. The number of ether oxygens (including phenoxy) is 1. The van der Waals surface area contributed by atoms with Gasteiger partial charge in [0.15, 0.2) is 0 Å². The number of carbonyl (C=O) groups is 1. The molecule has 3 N–H and O–H groups in total. The van der Waals surface area contributed by atoms with E-state index in [0.29, 0.717) is 13.1 Å². The number of anilines is 1. The summed E-state index contributed by atoms with van der Waals surface area (Å²) in [6.07, 6.45) is 0.755. The molecule has 5 nitrogen and oxygen atoms in total. The lowest BCUT2D eigenvalue weighted by molar-refractivity contribution is 0.248. The van der Waals surface area contributed by atoms with Crippen molar-refractivity contribution in [3.8, 4) is 5.75 Å². The lowest BCUT2D eigenvalue weighted by atomic mass is 10.2. The number of rotatable bonds is 5. The van der Waals surface area contributed by atoms with Gasteiger partial charge in [0.05, 0.1) is 7.11 Å². The Morgan fingerprint density at radius 3 is 2.88 bits per heavy atom. The van der Waals surface area contributed by atoms with Gasteiger partial charge in [-0.2, -0.15) is 0 Å². The third-order valence-electron chi connectivity index (χ3n) is 2.41. The minimum atomic E-state index is -0.147. The second kappa shape index (κ2) is 6.75. The molecule has 5 heteroatoms. The van der Waals surface area contributed by atoms with Gasteiger partial charge in [0.2, 0.25) is 0 Å². The molecule has 2 amide bonds. The number of amides is 2. The number of urea groups is 1. The zero-order chi connectivity index (χ0) is 12.7. The molecule has 0 aliphatic heterocycles. The van der Waals surface area contributed by atoms with Crippen molar-refractivity contribution < 1.29 is 9.53 Å². The van der Waals surface area contributed by atoms with Gasteiger partial charge in [-0.15, -0.1) is 0 Å². The van der Waals surface area contributed by atoms with Gasteiger partial charge < -0.3 is 15.8 Å². The van der Waals surface area contributed by atoms with Crippen LogP contribution in [0.5, 0.6) is 5.75 Å². The van der Waals surface area contributed by atoms with Crippen LogP contribution < -0.4 is 20.7 Å². The molecule has 0 aliphatic rings. The molecule has 0 aromatic heterocycles. The number of nitrogens with two attached hydrogens (primary N) is 1. The maximum Gasteiger partial charge on any atom is 0.321 e. The van der Waals surface area contributed by atoms with Crippen LogP contribution >= 0.6 is 0 Å². The molecular weight excluding hydrogens is 218 g/mol. The van der Waals surface area contributed by atoms with Gasteiger partial charge in [-0.05, 0) is 25.1 Å². The number of nitrogens with zero attached hydrogens (tertiary/aromatic N) is 1. The van der Waals surface area contributed by atoms with Crippen LogP contribution in [-0.2, 0) is 0 Å². The van der Waals surface area contributed by atoms with Crippen LogP contribution in [0, 0.1) is 0 Å². The quantitative estimate of drug-likeness (QED) is 0.808. The average Bonchev–Trinajstić information content (AvgIpc) is 2.39. The molecule has 94 valence electrons. The third-order valence-corrected chi connectivity index (χ3v) is 2.41. The predicted octanol–water partition coefficient (Wildman–Crippen LogP) is 1.19. The highest BCUT2D eigenvalue weighted by Gasteiger charge is 2.13. The Bertz CT molecular complexity index is 369. The Hall–Kier alpha value is -1.75. The van der Waals surface area contributed by atoms with Crippen molar-refractivity contribution in [2.24, 2.45) is 5.73 Å². The smallest absolute Gasteiger partial charge is 0.321 e. The van der Waals surface area contributed by atoms with E-state index in [2.05, 4.69) is 5.32 Å². The Labute approximate surface area is 102 Å². The summed E-state index contributed by atoms with van der Waals surface area (Å²) in [5, 5.41) is 2.62. The summed E-state index contributed by atoms with van der Waals surface area (Å²) >= 11 is 0. The standard InChI is InChI=1S/C12H19N3O2/c1-14-12(16)15(8-4-7-13)10-5-3-6-11(9-10)17-2/h3,5-6,9H,4,7-8,13H2,1-2H3,(H,14,16). The van der Waals surface area contributed by atoms with Crippen molar-refractivity contribution in [3.63, 3.8) is 0 Å². The lowest BCUT2D eigenvalue weighted by Gasteiger charge is -2.22. The van der Waals surface area contributed by atoms with Crippen LogP contribution in [-0.4, -0.2) is 33.3 Å². The van der Waals surface area contributed by atoms with Crippen LogP contribution in [0.1, 0.15) is 6.42 Å². The molecule has 0 radical (unpaired) electrons. The predicted molar refractivity (Wildman–Crippen MR) is 68.5 cm³/mol. The summed E-state index contributed by atoms with van der Waals surface area (Å²) in [7, 11) is 3.21. The number of hydrogen-bond donors (Lipinski definition) is 2. The number of methoxy groups -OCH3 is 1. The number of benzene rings is 1. The molecule has 1 aromatic rings. The topological polar surface area (TPSA) is 67.6 Å². The molecule has 0 saturated carbocycles. The van der Waals surface area contributed by atoms with Crippen LogP contribution in [0.3, 0.4) is 0 Å². The molecule has 0 spiro atoms. The molecule has 0 heterocycles. The highest BCUT2D eigenvalue weighted by Crippen LogP contribution is 2.21. The zero-order valence-corrected chi connectivity index (χ0v) is 10.3. The Morgan fingerprint density at radius 2 is 2.29 bits per heavy atom. The number of hydrogen-bond acceptors (Lipinski definition) is 3. The summed E-state index contributed by atoms with van der Waals surface area (Å²) in [4.78, 5) is 13.4. The monoisotopic (exact) mass is 237 g/mol. The minimum absolute atomic E-state index is 0.147. The first kappa shape index (κ1) is 13.3. The fourth-order valence-corrected chi connectivity index (χ4v) is 1.51. The van der Waals surface area contributed by atoms with E-state index >= 15 is 0 Å².